The molecule has 22 heavy (non-hydrogen) atoms. The van der Waals surface area contributed by atoms with Gasteiger partial charge in [-0.15, -0.1) is 0 Å². The number of methoxy groups -OCH3 is 1. The molecule has 0 unspecified atom stereocenters. The van der Waals surface area contributed by atoms with E-state index in [2.05, 4.69) is 10.1 Å². The van der Waals surface area contributed by atoms with E-state index in [1.807, 2.05) is 0 Å². The second-order valence-corrected chi connectivity index (χ2v) is 7.88. The van der Waals surface area contributed by atoms with Gasteiger partial charge in [0.25, 0.3) is 10.1 Å². The van der Waals surface area contributed by atoms with Crippen molar-refractivity contribution in [3.8, 4) is 0 Å². The molecule has 0 aromatic carbocycles. The molecule has 1 aliphatic carbocycles. The monoisotopic (exact) mass is 337 g/mol. The molecule has 0 saturated heterocycles. The zero-order valence-electron chi connectivity index (χ0n) is 13.4. The van der Waals surface area contributed by atoms with E-state index in [9.17, 15) is 18.0 Å². The number of nitrogens with one attached hydrogen (secondary N) is 1. The standard InChI is InChI=1S/C13H23NO7S/c1-13(2,3)20-12(16)14-9-6-8(11(15)19-4)7-10(9)21-22(5,17)18/h8-10H,6-7H2,1-5H3,(H,14,16)/t8-,9+,10-/m0/s1. The van der Waals surface area contributed by atoms with Gasteiger partial charge in [-0.05, 0) is 33.6 Å². The molecule has 0 bridgehead atoms. The minimum atomic E-state index is -3.71. The minimum absolute atomic E-state index is 0.153. The summed E-state index contributed by atoms with van der Waals surface area (Å²) in [5.74, 6) is -0.993. The zero-order chi connectivity index (χ0) is 17.1. The molecular weight excluding hydrogens is 314 g/mol. The van der Waals surface area contributed by atoms with Crippen LogP contribution < -0.4 is 5.32 Å². The fourth-order valence-corrected chi connectivity index (χ4v) is 2.96. The molecule has 8 nitrogen and oxygen atoms in total. The summed E-state index contributed by atoms with van der Waals surface area (Å²) >= 11 is 0. The second-order valence-electron chi connectivity index (χ2n) is 6.28. The summed E-state index contributed by atoms with van der Waals surface area (Å²) in [5, 5.41) is 2.56. The summed E-state index contributed by atoms with van der Waals surface area (Å²) in [7, 11) is -2.46. The molecule has 1 rings (SSSR count). The highest BCUT2D eigenvalue weighted by Gasteiger charge is 2.42. The lowest BCUT2D eigenvalue weighted by atomic mass is 10.1. The van der Waals surface area contributed by atoms with Crippen molar-refractivity contribution in [2.24, 2.45) is 5.92 Å². The van der Waals surface area contributed by atoms with Crippen molar-refractivity contribution in [2.45, 2.75) is 51.4 Å². The average molecular weight is 337 g/mol. The van der Waals surface area contributed by atoms with Crippen LogP contribution in [0.25, 0.3) is 0 Å². The predicted octanol–water partition coefficient (Wildman–Crippen LogP) is 0.808. The molecule has 0 spiro atoms. The summed E-state index contributed by atoms with van der Waals surface area (Å²) in [6, 6.07) is -0.645. The number of hydrogen-bond donors (Lipinski definition) is 1. The molecule has 0 heterocycles. The van der Waals surface area contributed by atoms with Crippen molar-refractivity contribution in [1.82, 2.24) is 5.32 Å². The highest BCUT2D eigenvalue weighted by molar-refractivity contribution is 7.86. The normalized spacial score (nSPS) is 25.6. The Morgan fingerprint density at radius 2 is 1.77 bits per heavy atom. The summed E-state index contributed by atoms with van der Waals surface area (Å²) in [5.41, 5.74) is -0.683. The van der Waals surface area contributed by atoms with E-state index in [0.29, 0.717) is 0 Å². The van der Waals surface area contributed by atoms with E-state index in [-0.39, 0.29) is 12.8 Å². The average Bonchev–Trinajstić information content (AvgIpc) is 2.66. The Morgan fingerprint density at radius 3 is 2.23 bits per heavy atom. The highest BCUT2D eigenvalue weighted by Crippen LogP contribution is 2.30. The molecule has 1 fully saturated rings. The van der Waals surface area contributed by atoms with Gasteiger partial charge in [-0.3, -0.25) is 8.98 Å². The summed E-state index contributed by atoms with van der Waals surface area (Å²) in [4.78, 5) is 23.4. The van der Waals surface area contributed by atoms with Gasteiger partial charge in [0.2, 0.25) is 0 Å². The van der Waals surface area contributed by atoms with Crippen LogP contribution in [0, 0.1) is 5.92 Å². The fraction of sp³-hybridized carbons (Fsp3) is 0.846. The summed E-state index contributed by atoms with van der Waals surface area (Å²) < 4.78 is 37.4. The first-order valence-electron chi connectivity index (χ1n) is 6.87. The van der Waals surface area contributed by atoms with E-state index >= 15 is 0 Å². The topological polar surface area (TPSA) is 108 Å². The molecule has 0 aromatic rings. The number of ether oxygens (including phenoxy) is 2. The van der Waals surface area contributed by atoms with Crippen LogP contribution in [0.2, 0.25) is 0 Å². The van der Waals surface area contributed by atoms with Crippen LogP contribution >= 0.6 is 0 Å². The van der Waals surface area contributed by atoms with Crippen molar-refractivity contribution in [3.05, 3.63) is 0 Å². The van der Waals surface area contributed by atoms with Crippen molar-refractivity contribution < 1.29 is 31.7 Å². The lowest BCUT2D eigenvalue weighted by molar-refractivity contribution is -0.145. The lowest BCUT2D eigenvalue weighted by Crippen LogP contribution is -2.44. The van der Waals surface area contributed by atoms with Crippen molar-refractivity contribution in [3.63, 3.8) is 0 Å². The SMILES string of the molecule is COC(=O)[C@@H]1C[C@H](OS(C)(=O)=O)[C@H](NC(=O)OC(C)(C)C)C1. The second kappa shape index (κ2) is 6.82. The molecule has 0 aliphatic heterocycles. The van der Waals surface area contributed by atoms with E-state index in [1.54, 1.807) is 20.8 Å². The highest BCUT2D eigenvalue weighted by atomic mass is 32.2. The summed E-state index contributed by atoms with van der Waals surface area (Å²) in [6.45, 7) is 5.13. The van der Waals surface area contributed by atoms with Gasteiger partial charge in [-0.2, -0.15) is 8.42 Å². The third-order valence-corrected chi connectivity index (χ3v) is 3.64. The van der Waals surface area contributed by atoms with E-state index in [1.165, 1.54) is 7.11 Å². The largest absolute Gasteiger partial charge is 0.469 e. The number of rotatable bonds is 4. The van der Waals surface area contributed by atoms with Gasteiger partial charge in [0, 0.05) is 0 Å². The molecule has 0 aromatic heterocycles. The molecule has 3 atom stereocenters. The molecule has 1 saturated carbocycles. The fourth-order valence-electron chi connectivity index (χ4n) is 2.30. The number of hydrogen-bond acceptors (Lipinski definition) is 7. The Labute approximate surface area is 130 Å². The van der Waals surface area contributed by atoms with Crippen LogP contribution in [0.1, 0.15) is 33.6 Å². The predicted molar refractivity (Wildman–Crippen MR) is 77.6 cm³/mol. The van der Waals surface area contributed by atoms with Crippen LogP contribution in [0.3, 0.4) is 0 Å². The van der Waals surface area contributed by atoms with Gasteiger partial charge in [0.1, 0.15) is 5.60 Å². The van der Waals surface area contributed by atoms with Crippen LogP contribution in [-0.4, -0.2) is 51.6 Å². The Hall–Kier alpha value is -1.35. The van der Waals surface area contributed by atoms with Gasteiger partial charge in [0.05, 0.1) is 31.4 Å². The van der Waals surface area contributed by atoms with Crippen LogP contribution in [-0.2, 0) is 28.6 Å². The van der Waals surface area contributed by atoms with E-state index < -0.39 is 45.8 Å². The van der Waals surface area contributed by atoms with Crippen LogP contribution in [0.5, 0.6) is 0 Å². The molecular formula is C13H23NO7S. The quantitative estimate of drug-likeness (QED) is 0.597. The molecule has 9 heteroatoms. The maximum absolute atomic E-state index is 11.8. The number of esters is 1. The van der Waals surface area contributed by atoms with Gasteiger partial charge in [0.15, 0.2) is 0 Å². The maximum Gasteiger partial charge on any atom is 0.407 e. The Morgan fingerprint density at radius 1 is 1.18 bits per heavy atom. The number of amides is 1. The first-order valence-corrected chi connectivity index (χ1v) is 8.68. The first kappa shape index (κ1) is 18.7. The maximum atomic E-state index is 11.8. The first-order chi connectivity index (χ1) is 9.91. The zero-order valence-corrected chi connectivity index (χ0v) is 14.2. The third-order valence-electron chi connectivity index (χ3n) is 3.04. The molecule has 1 N–H and O–H groups in total. The van der Waals surface area contributed by atoms with Crippen LogP contribution in [0.15, 0.2) is 0 Å². The number of carbonyl (C=O) groups is 2. The molecule has 0 radical (unpaired) electrons. The number of carbonyl (C=O) groups excluding carboxylic acids is 2. The van der Waals surface area contributed by atoms with E-state index in [4.69, 9.17) is 8.92 Å². The van der Waals surface area contributed by atoms with Crippen LogP contribution in [0.4, 0.5) is 4.79 Å². The molecule has 1 aliphatic rings. The van der Waals surface area contributed by atoms with Gasteiger partial charge in [-0.25, -0.2) is 4.79 Å². The Kier molecular flexibility index (Phi) is 5.80. The number of alkyl carbamates (subject to hydrolysis) is 1. The van der Waals surface area contributed by atoms with Gasteiger partial charge < -0.3 is 14.8 Å². The van der Waals surface area contributed by atoms with Crippen molar-refractivity contribution in [2.75, 3.05) is 13.4 Å². The van der Waals surface area contributed by atoms with Crippen molar-refractivity contribution >= 4 is 22.2 Å². The smallest absolute Gasteiger partial charge is 0.407 e. The minimum Gasteiger partial charge on any atom is -0.469 e. The van der Waals surface area contributed by atoms with Gasteiger partial charge in [-0.1, -0.05) is 0 Å². The Balaban J connectivity index is 2.78. The Bertz CT molecular complexity index is 523. The lowest BCUT2D eigenvalue weighted by Gasteiger charge is -2.24. The van der Waals surface area contributed by atoms with E-state index in [0.717, 1.165) is 6.26 Å². The summed E-state index contributed by atoms with van der Waals surface area (Å²) in [6.07, 6.45) is -0.216. The molecule has 1 amide bonds. The molecule has 128 valence electrons. The van der Waals surface area contributed by atoms with Crippen molar-refractivity contribution in [1.29, 1.82) is 0 Å². The van der Waals surface area contributed by atoms with Gasteiger partial charge >= 0.3 is 12.1 Å². The third kappa shape index (κ3) is 6.18.